The van der Waals surface area contributed by atoms with Crippen molar-refractivity contribution in [1.82, 2.24) is 4.98 Å². The van der Waals surface area contributed by atoms with Gasteiger partial charge >= 0.3 is 0 Å². The van der Waals surface area contributed by atoms with Gasteiger partial charge in [-0.1, -0.05) is 53.9 Å². The molecule has 4 nitrogen and oxygen atoms in total. The Morgan fingerprint density at radius 2 is 1.52 bits per heavy atom. The monoisotopic (exact) mass is 599 g/mol. The summed E-state index contributed by atoms with van der Waals surface area (Å²) in [4.78, 5) is 4.57. The summed E-state index contributed by atoms with van der Waals surface area (Å²) in [5.41, 5.74) is 0.814. The van der Waals surface area contributed by atoms with Gasteiger partial charge < -0.3 is 19.0 Å². The Balaban J connectivity index is 0.00000185. The molecule has 1 aromatic heterocycles. The van der Waals surface area contributed by atoms with Crippen molar-refractivity contribution in [1.29, 1.82) is 0 Å². The third kappa shape index (κ3) is 2.34. The van der Waals surface area contributed by atoms with E-state index in [-0.39, 0.29) is 20.1 Å². The molecule has 0 fully saturated rings. The van der Waals surface area contributed by atoms with Crippen LogP contribution in [0.1, 0.15) is 0 Å². The van der Waals surface area contributed by atoms with Crippen molar-refractivity contribution in [2.24, 2.45) is 0 Å². The summed E-state index contributed by atoms with van der Waals surface area (Å²) in [5.74, 6) is 2.24. The number of hydrogen-bond donors (Lipinski definition) is 0. The molecule has 0 bridgehead atoms. The third-order valence-corrected chi connectivity index (χ3v) is 8.97. The minimum atomic E-state index is -3.18. The van der Waals surface area contributed by atoms with Gasteiger partial charge in [0.25, 0.3) is 0 Å². The van der Waals surface area contributed by atoms with E-state index in [1.54, 1.807) is 6.20 Å². The van der Waals surface area contributed by atoms with E-state index in [1.807, 2.05) is 72.8 Å². The van der Waals surface area contributed by atoms with E-state index in [4.69, 9.17) is 9.47 Å². The number of fused-ring (bicyclic) bond motifs is 8. The minimum Gasteiger partial charge on any atom is -0.475 e. The molecule has 3 heterocycles. The molecular formula is C25H13IrNO3P-. The van der Waals surface area contributed by atoms with E-state index in [9.17, 15) is 4.57 Å². The van der Waals surface area contributed by atoms with Gasteiger partial charge in [0.05, 0.1) is 22.1 Å². The van der Waals surface area contributed by atoms with E-state index in [0.29, 0.717) is 38.9 Å². The van der Waals surface area contributed by atoms with Crippen LogP contribution in [0.3, 0.4) is 0 Å². The Morgan fingerprint density at radius 3 is 2.29 bits per heavy atom. The molecule has 151 valence electrons. The number of nitrogens with zero attached hydrogens (tertiary/aromatic N) is 1. The summed E-state index contributed by atoms with van der Waals surface area (Å²) in [7, 11) is -3.18. The van der Waals surface area contributed by atoms with Crippen LogP contribution in [0.15, 0.2) is 79.0 Å². The van der Waals surface area contributed by atoms with E-state index in [1.165, 1.54) is 0 Å². The summed E-state index contributed by atoms with van der Waals surface area (Å²) in [6.07, 6.45) is 1.76. The standard InChI is InChI=1S/C25H13NO3P.Ir/c27-30-21-9-3-1-7-18(21)28-20-14-17-16(12-11-15-6-5-13-26-23(15)17)24(25(20)30)29-19-8-2-4-10-22(19)30;/h1-13H;/q-1;. The van der Waals surface area contributed by atoms with Gasteiger partial charge in [0.2, 0.25) is 0 Å². The average molecular weight is 599 g/mol. The number of rotatable bonds is 0. The van der Waals surface area contributed by atoms with Gasteiger partial charge in [-0.3, -0.25) is 0 Å². The van der Waals surface area contributed by atoms with Gasteiger partial charge in [0.1, 0.15) is 18.6 Å². The molecule has 6 heteroatoms. The molecule has 4 aromatic carbocycles. The van der Waals surface area contributed by atoms with E-state index in [0.717, 1.165) is 21.7 Å². The van der Waals surface area contributed by atoms with Crippen LogP contribution in [0.25, 0.3) is 21.7 Å². The Kier molecular flexibility index (Phi) is 3.94. The zero-order valence-electron chi connectivity index (χ0n) is 16.0. The molecule has 2 aliphatic rings. The van der Waals surface area contributed by atoms with Crippen LogP contribution < -0.4 is 25.4 Å². The van der Waals surface area contributed by atoms with Crippen molar-refractivity contribution in [2.45, 2.75) is 0 Å². The summed E-state index contributed by atoms with van der Waals surface area (Å²) in [6, 6.07) is 26.4. The van der Waals surface area contributed by atoms with Crippen LogP contribution in [0, 0.1) is 6.07 Å². The second kappa shape index (κ2) is 6.51. The van der Waals surface area contributed by atoms with Gasteiger partial charge in [-0.25, -0.2) is 0 Å². The fourth-order valence-corrected chi connectivity index (χ4v) is 7.56. The number of aromatic nitrogens is 1. The van der Waals surface area contributed by atoms with E-state index < -0.39 is 7.14 Å². The molecule has 0 saturated heterocycles. The van der Waals surface area contributed by atoms with Gasteiger partial charge in [-0.15, -0.1) is 5.39 Å². The number of hydrogen-bond acceptors (Lipinski definition) is 4. The van der Waals surface area contributed by atoms with Gasteiger partial charge in [-0.05, 0) is 41.2 Å². The molecule has 0 N–H and O–H groups in total. The molecule has 1 unspecified atom stereocenters. The first kappa shape index (κ1) is 18.8. The topological polar surface area (TPSA) is 48.4 Å². The Labute approximate surface area is 191 Å². The predicted molar refractivity (Wildman–Crippen MR) is 118 cm³/mol. The van der Waals surface area contributed by atoms with Crippen molar-refractivity contribution < 1.29 is 34.1 Å². The van der Waals surface area contributed by atoms with Crippen LogP contribution in [0.5, 0.6) is 23.0 Å². The molecule has 0 amide bonds. The second-order valence-corrected chi connectivity index (χ2v) is 10.1. The summed E-state index contributed by atoms with van der Waals surface area (Å²) in [5, 5.41) is 4.61. The molecule has 1 atom stereocenters. The number of ether oxygens (including phenoxy) is 2. The Hall–Kier alpha value is -2.97. The van der Waals surface area contributed by atoms with Crippen LogP contribution in [0.4, 0.5) is 0 Å². The molecule has 5 aromatic rings. The van der Waals surface area contributed by atoms with Crippen molar-refractivity contribution in [2.75, 3.05) is 0 Å². The smallest absolute Gasteiger partial charge is 0.149 e. The fourth-order valence-electron chi connectivity index (χ4n) is 4.53. The van der Waals surface area contributed by atoms with Crippen molar-refractivity contribution in [3.63, 3.8) is 0 Å². The first-order chi connectivity index (χ1) is 14.7. The molecule has 1 radical (unpaired) electrons. The molecule has 0 spiro atoms. The van der Waals surface area contributed by atoms with Crippen molar-refractivity contribution in [3.05, 3.63) is 85.1 Å². The maximum Gasteiger partial charge on any atom is 0.149 e. The fraction of sp³-hybridized carbons (Fsp3) is 0. The number of benzene rings is 4. The largest absolute Gasteiger partial charge is 0.475 e. The molecular weight excluding hydrogens is 585 g/mol. The third-order valence-electron chi connectivity index (χ3n) is 5.84. The normalized spacial score (nSPS) is 17.5. The van der Waals surface area contributed by atoms with Crippen LogP contribution in [0.2, 0.25) is 0 Å². The predicted octanol–water partition coefficient (Wildman–Crippen LogP) is 5.04. The van der Waals surface area contributed by atoms with Crippen molar-refractivity contribution >= 4 is 44.7 Å². The zero-order chi connectivity index (χ0) is 19.9. The second-order valence-electron chi connectivity index (χ2n) is 7.44. The molecule has 31 heavy (non-hydrogen) atoms. The van der Waals surface area contributed by atoms with Crippen LogP contribution >= 0.6 is 7.14 Å². The van der Waals surface area contributed by atoms with E-state index >= 15 is 0 Å². The first-order valence-corrected chi connectivity index (χ1v) is 11.4. The quantitative estimate of drug-likeness (QED) is 0.140. The maximum absolute atomic E-state index is 14.9. The Morgan fingerprint density at radius 1 is 0.806 bits per heavy atom. The Bertz CT molecular complexity index is 1580. The zero-order valence-corrected chi connectivity index (χ0v) is 19.2. The minimum absolute atomic E-state index is 0. The first-order valence-electron chi connectivity index (χ1n) is 9.67. The summed E-state index contributed by atoms with van der Waals surface area (Å²) < 4.78 is 27.4. The molecule has 7 rings (SSSR count). The summed E-state index contributed by atoms with van der Waals surface area (Å²) >= 11 is 0. The number of pyridine rings is 1. The molecule has 0 saturated carbocycles. The van der Waals surface area contributed by atoms with Gasteiger partial charge in [0.15, 0.2) is 0 Å². The number of para-hydroxylation sites is 2. The van der Waals surface area contributed by atoms with Crippen LogP contribution in [-0.2, 0) is 24.7 Å². The maximum atomic E-state index is 14.9. The van der Waals surface area contributed by atoms with Gasteiger partial charge in [-0.2, -0.15) is 0 Å². The molecule has 2 aliphatic heterocycles. The SMILES string of the molecule is O=P12c3ccccc3Oc3[c-]c4c(ccc5cccnc54)c(c31)Oc1ccccc12.[Ir]. The van der Waals surface area contributed by atoms with Gasteiger partial charge in [0, 0.05) is 31.6 Å². The van der Waals surface area contributed by atoms with Crippen molar-refractivity contribution in [3.8, 4) is 23.0 Å². The van der Waals surface area contributed by atoms with E-state index in [2.05, 4.69) is 11.1 Å². The summed E-state index contributed by atoms with van der Waals surface area (Å²) in [6.45, 7) is 0. The van der Waals surface area contributed by atoms with Crippen LogP contribution in [-0.4, -0.2) is 4.98 Å². The molecule has 0 aliphatic carbocycles. The average Bonchev–Trinajstić information content (AvgIpc) is 2.79.